The topological polar surface area (TPSA) is 60.5 Å². The molecule has 26 heavy (non-hydrogen) atoms. The van der Waals surface area contributed by atoms with Crippen molar-refractivity contribution >= 4 is 34.4 Å². The summed E-state index contributed by atoms with van der Waals surface area (Å²) >= 11 is 7.26. The number of rotatable bonds is 7. The van der Waals surface area contributed by atoms with Crippen LogP contribution in [0, 0.1) is 0 Å². The number of hydrogen-bond donors (Lipinski definition) is 1. The quantitative estimate of drug-likeness (QED) is 0.596. The number of ether oxygens (including phenoxy) is 2. The van der Waals surface area contributed by atoms with E-state index in [-0.39, 0.29) is 5.78 Å². The number of carbonyl (C=O) groups excluding carboxylic acids is 1. The van der Waals surface area contributed by atoms with E-state index >= 15 is 0 Å². The summed E-state index contributed by atoms with van der Waals surface area (Å²) in [6, 6.07) is 12.5. The molecule has 0 bridgehead atoms. The molecular formula is C19H17ClN2O3S. The molecule has 0 saturated heterocycles. The van der Waals surface area contributed by atoms with Gasteiger partial charge in [-0.05, 0) is 30.3 Å². The number of methoxy groups -OCH3 is 2. The molecule has 0 aliphatic carbocycles. The lowest BCUT2D eigenvalue weighted by molar-refractivity contribution is 0.103. The Bertz CT molecular complexity index is 927. The average molecular weight is 389 g/mol. The second-order valence-electron chi connectivity index (χ2n) is 5.41. The Morgan fingerprint density at radius 1 is 1.12 bits per heavy atom. The monoisotopic (exact) mass is 388 g/mol. The van der Waals surface area contributed by atoms with Gasteiger partial charge in [0.05, 0.1) is 20.8 Å². The minimum Gasteiger partial charge on any atom is -0.493 e. The molecule has 0 aliphatic heterocycles. The summed E-state index contributed by atoms with van der Waals surface area (Å²) in [6.45, 7) is 0.596. The van der Waals surface area contributed by atoms with Crippen LogP contribution in [0.5, 0.6) is 11.5 Å². The molecule has 0 spiro atoms. The number of ketones is 1. The average Bonchev–Trinajstić information content (AvgIpc) is 3.10. The van der Waals surface area contributed by atoms with Crippen LogP contribution in [0.4, 0.5) is 5.69 Å². The van der Waals surface area contributed by atoms with E-state index in [1.165, 1.54) is 11.3 Å². The van der Waals surface area contributed by atoms with Crippen molar-refractivity contribution in [3.8, 4) is 11.5 Å². The van der Waals surface area contributed by atoms with Crippen molar-refractivity contribution in [2.75, 3.05) is 19.5 Å². The molecule has 3 rings (SSSR count). The molecule has 134 valence electrons. The van der Waals surface area contributed by atoms with Gasteiger partial charge in [-0.2, -0.15) is 0 Å². The number of aromatic nitrogens is 1. The van der Waals surface area contributed by atoms with Crippen LogP contribution in [0.1, 0.15) is 20.8 Å². The molecule has 0 radical (unpaired) electrons. The minimum atomic E-state index is -0.0876. The Labute approximate surface area is 160 Å². The number of halogens is 1. The molecule has 0 unspecified atom stereocenters. The molecule has 0 saturated carbocycles. The SMILES string of the molecule is COc1ccc(C(=O)c2cccc(NCc3cnc(Cl)s3)c2)cc1OC. The maximum absolute atomic E-state index is 12.8. The van der Waals surface area contributed by atoms with Crippen molar-refractivity contribution in [2.24, 2.45) is 0 Å². The molecule has 0 fully saturated rings. The van der Waals surface area contributed by atoms with Crippen LogP contribution in [0.15, 0.2) is 48.7 Å². The maximum atomic E-state index is 12.8. The molecule has 1 aromatic heterocycles. The Balaban J connectivity index is 1.77. The zero-order valence-electron chi connectivity index (χ0n) is 14.3. The molecule has 0 aliphatic rings. The van der Waals surface area contributed by atoms with Gasteiger partial charge in [0.15, 0.2) is 21.7 Å². The largest absolute Gasteiger partial charge is 0.493 e. The molecule has 2 aromatic carbocycles. The third-order valence-corrected chi connectivity index (χ3v) is 4.88. The standard InChI is InChI=1S/C19H17ClN2O3S/c1-24-16-7-6-13(9-17(16)25-2)18(23)12-4-3-5-14(8-12)21-10-15-11-22-19(20)26-15/h3-9,11,21H,10H2,1-2H3. The van der Waals surface area contributed by atoms with Crippen molar-refractivity contribution in [1.82, 2.24) is 4.98 Å². The van der Waals surface area contributed by atoms with Gasteiger partial charge in [0.1, 0.15) is 0 Å². The molecule has 0 atom stereocenters. The third-order valence-electron chi connectivity index (χ3n) is 3.76. The lowest BCUT2D eigenvalue weighted by Gasteiger charge is -2.10. The Hall–Kier alpha value is -2.57. The highest BCUT2D eigenvalue weighted by Gasteiger charge is 2.13. The van der Waals surface area contributed by atoms with Crippen molar-refractivity contribution in [2.45, 2.75) is 6.54 Å². The lowest BCUT2D eigenvalue weighted by atomic mass is 10.0. The number of carbonyl (C=O) groups is 1. The highest BCUT2D eigenvalue weighted by atomic mass is 35.5. The highest BCUT2D eigenvalue weighted by molar-refractivity contribution is 7.15. The fourth-order valence-electron chi connectivity index (χ4n) is 2.47. The van der Waals surface area contributed by atoms with Crippen LogP contribution >= 0.6 is 22.9 Å². The predicted octanol–water partition coefficient (Wildman–Crippen LogP) is 4.66. The van der Waals surface area contributed by atoms with Gasteiger partial charge in [-0.3, -0.25) is 4.79 Å². The van der Waals surface area contributed by atoms with Gasteiger partial charge in [0, 0.05) is 27.9 Å². The molecule has 1 heterocycles. The van der Waals surface area contributed by atoms with E-state index in [9.17, 15) is 4.79 Å². The Morgan fingerprint density at radius 3 is 2.58 bits per heavy atom. The van der Waals surface area contributed by atoms with Crippen molar-refractivity contribution < 1.29 is 14.3 Å². The summed E-state index contributed by atoms with van der Waals surface area (Å²) in [5.41, 5.74) is 1.97. The number of nitrogens with zero attached hydrogens (tertiary/aromatic N) is 1. The number of anilines is 1. The fourth-order valence-corrected chi connectivity index (χ4v) is 3.39. The minimum absolute atomic E-state index is 0.0876. The van der Waals surface area contributed by atoms with Gasteiger partial charge in [-0.25, -0.2) is 4.98 Å². The number of hydrogen-bond acceptors (Lipinski definition) is 6. The van der Waals surface area contributed by atoms with Crippen molar-refractivity contribution in [3.05, 3.63) is 69.1 Å². The van der Waals surface area contributed by atoms with Gasteiger partial charge >= 0.3 is 0 Å². The Morgan fingerprint density at radius 2 is 1.88 bits per heavy atom. The molecular weight excluding hydrogens is 372 g/mol. The summed E-state index contributed by atoms with van der Waals surface area (Å²) in [4.78, 5) is 17.8. The molecule has 5 nitrogen and oxygen atoms in total. The number of benzene rings is 2. The van der Waals surface area contributed by atoms with Gasteiger partial charge < -0.3 is 14.8 Å². The van der Waals surface area contributed by atoms with Crippen molar-refractivity contribution in [1.29, 1.82) is 0 Å². The second-order valence-corrected chi connectivity index (χ2v) is 7.11. The first kappa shape index (κ1) is 18.2. The van der Waals surface area contributed by atoms with Gasteiger partial charge in [0.25, 0.3) is 0 Å². The van der Waals surface area contributed by atoms with Gasteiger partial charge in [-0.1, -0.05) is 23.7 Å². The first-order valence-electron chi connectivity index (χ1n) is 7.81. The molecule has 3 aromatic rings. The van der Waals surface area contributed by atoms with Crippen molar-refractivity contribution in [3.63, 3.8) is 0 Å². The zero-order chi connectivity index (χ0) is 18.5. The summed E-state index contributed by atoms with van der Waals surface area (Å²) < 4.78 is 11.0. The highest BCUT2D eigenvalue weighted by Crippen LogP contribution is 2.29. The van der Waals surface area contributed by atoms with Gasteiger partial charge in [-0.15, -0.1) is 11.3 Å². The summed E-state index contributed by atoms with van der Waals surface area (Å²) in [5, 5.41) is 3.28. The van der Waals surface area contributed by atoms with Crippen LogP contribution < -0.4 is 14.8 Å². The van der Waals surface area contributed by atoms with E-state index in [0.717, 1.165) is 10.6 Å². The fraction of sp³-hybridized carbons (Fsp3) is 0.158. The number of thiazole rings is 1. The molecule has 1 N–H and O–H groups in total. The summed E-state index contributed by atoms with van der Waals surface area (Å²) in [5.74, 6) is 1.02. The van der Waals surface area contributed by atoms with E-state index < -0.39 is 0 Å². The zero-order valence-corrected chi connectivity index (χ0v) is 15.9. The summed E-state index contributed by atoms with van der Waals surface area (Å²) in [6.07, 6.45) is 1.73. The smallest absolute Gasteiger partial charge is 0.193 e. The lowest BCUT2D eigenvalue weighted by Crippen LogP contribution is -2.04. The van der Waals surface area contributed by atoms with Crippen LogP contribution in [0.2, 0.25) is 4.47 Å². The molecule has 0 amide bonds. The predicted molar refractivity (Wildman–Crippen MR) is 104 cm³/mol. The van der Waals surface area contributed by atoms with Crippen LogP contribution in [-0.4, -0.2) is 25.0 Å². The first-order valence-corrected chi connectivity index (χ1v) is 9.01. The van der Waals surface area contributed by atoms with E-state index in [4.69, 9.17) is 21.1 Å². The van der Waals surface area contributed by atoms with Crippen LogP contribution in [-0.2, 0) is 6.54 Å². The van der Waals surface area contributed by atoms with Crippen LogP contribution in [0.3, 0.4) is 0 Å². The maximum Gasteiger partial charge on any atom is 0.193 e. The van der Waals surface area contributed by atoms with E-state index in [1.807, 2.05) is 18.2 Å². The van der Waals surface area contributed by atoms with E-state index in [2.05, 4.69) is 10.3 Å². The van der Waals surface area contributed by atoms with Crippen LogP contribution in [0.25, 0.3) is 0 Å². The first-order chi connectivity index (χ1) is 12.6. The Kier molecular flexibility index (Phi) is 5.75. The third kappa shape index (κ3) is 4.15. The normalized spacial score (nSPS) is 10.4. The molecule has 7 heteroatoms. The van der Waals surface area contributed by atoms with E-state index in [1.54, 1.807) is 44.7 Å². The number of nitrogens with one attached hydrogen (secondary N) is 1. The van der Waals surface area contributed by atoms with E-state index in [0.29, 0.717) is 33.6 Å². The van der Waals surface area contributed by atoms with Gasteiger partial charge in [0.2, 0.25) is 0 Å². The summed E-state index contributed by atoms with van der Waals surface area (Å²) in [7, 11) is 3.10. The second kappa shape index (κ2) is 8.21.